The number of hydrogen-bond acceptors (Lipinski definition) is 2. The molecule has 108 valence electrons. The third kappa shape index (κ3) is 3.22. The maximum absolute atomic E-state index is 14.2. The summed E-state index contributed by atoms with van der Waals surface area (Å²) in [5, 5.41) is 3.78. The van der Waals surface area contributed by atoms with Crippen LogP contribution in [-0.2, 0) is 0 Å². The lowest BCUT2D eigenvalue weighted by Gasteiger charge is -2.19. The van der Waals surface area contributed by atoms with Crippen molar-refractivity contribution in [2.75, 3.05) is 6.54 Å². The average Bonchev–Trinajstić information content (AvgIpc) is 2.71. The third-order valence-electron chi connectivity index (χ3n) is 3.26. The fourth-order valence-corrected chi connectivity index (χ4v) is 2.51. The molecule has 0 amide bonds. The van der Waals surface area contributed by atoms with Crippen LogP contribution in [0.5, 0.6) is 0 Å². The lowest BCUT2D eigenvalue weighted by molar-refractivity contribution is 0.490. The molecule has 1 atom stereocenters. The van der Waals surface area contributed by atoms with Gasteiger partial charge in [0.05, 0.1) is 6.04 Å². The first kappa shape index (κ1) is 15.1. The zero-order valence-corrected chi connectivity index (χ0v) is 12.7. The van der Waals surface area contributed by atoms with E-state index in [9.17, 15) is 4.39 Å². The molecule has 1 heterocycles. The van der Waals surface area contributed by atoms with Crippen LogP contribution in [-0.4, -0.2) is 6.54 Å². The van der Waals surface area contributed by atoms with E-state index in [0.717, 1.165) is 30.0 Å². The second-order valence-electron chi connectivity index (χ2n) is 4.92. The Bertz CT molecular complexity index is 594. The van der Waals surface area contributed by atoms with Gasteiger partial charge in [-0.25, -0.2) is 4.39 Å². The van der Waals surface area contributed by atoms with Crippen molar-refractivity contribution < 1.29 is 8.81 Å². The number of benzene rings is 1. The van der Waals surface area contributed by atoms with Crippen molar-refractivity contribution in [2.24, 2.45) is 0 Å². The van der Waals surface area contributed by atoms with E-state index >= 15 is 0 Å². The van der Waals surface area contributed by atoms with Crippen LogP contribution >= 0.6 is 11.6 Å². The highest BCUT2D eigenvalue weighted by Gasteiger charge is 2.21. The SMILES string of the molecule is CCCNC(c1ccc(Cl)cc1F)c1cc(C)oc1C. The molecule has 0 saturated heterocycles. The van der Waals surface area contributed by atoms with Gasteiger partial charge in [-0.1, -0.05) is 24.6 Å². The summed E-state index contributed by atoms with van der Waals surface area (Å²) < 4.78 is 19.8. The topological polar surface area (TPSA) is 25.2 Å². The molecular weight excluding hydrogens is 277 g/mol. The summed E-state index contributed by atoms with van der Waals surface area (Å²) in [6.45, 7) is 6.68. The first-order valence-electron chi connectivity index (χ1n) is 6.78. The van der Waals surface area contributed by atoms with Crippen LogP contribution in [0.2, 0.25) is 5.02 Å². The summed E-state index contributed by atoms with van der Waals surface area (Å²) in [4.78, 5) is 0. The van der Waals surface area contributed by atoms with E-state index in [2.05, 4.69) is 12.2 Å². The summed E-state index contributed by atoms with van der Waals surface area (Å²) in [6.07, 6.45) is 0.974. The van der Waals surface area contributed by atoms with E-state index in [0.29, 0.717) is 10.6 Å². The molecule has 2 rings (SSSR count). The van der Waals surface area contributed by atoms with Gasteiger partial charge in [0.25, 0.3) is 0 Å². The molecule has 0 radical (unpaired) electrons. The van der Waals surface area contributed by atoms with Gasteiger partial charge < -0.3 is 9.73 Å². The Kier molecular flexibility index (Phi) is 4.84. The summed E-state index contributed by atoms with van der Waals surface area (Å²) in [6, 6.07) is 6.52. The van der Waals surface area contributed by atoms with Crippen molar-refractivity contribution in [3.63, 3.8) is 0 Å². The highest BCUT2D eigenvalue weighted by atomic mass is 35.5. The predicted molar refractivity (Wildman–Crippen MR) is 79.7 cm³/mol. The van der Waals surface area contributed by atoms with Crippen molar-refractivity contribution >= 4 is 11.6 Å². The maximum Gasteiger partial charge on any atom is 0.129 e. The fraction of sp³-hybridized carbons (Fsp3) is 0.375. The Morgan fingerprint density at radius 2 is 2.00 bits per heavy atom. The van der Waals surface area contributed by atoms with E-state index in [1.54, 1.807) is 12.1 Å². The molecule has 1 N–H and O–H groups in total. The van der Waals surface area contributed by atoms with Crippen LogP contribution in [0, 0.1) is 19.7 Å². The standard InChI is InChI=1S/C16H19ClFNO/c1-4-7-19-16(14-8-10(2)20-11(14)3)13-6-5-12(17)9-15(13)18/h5-6,8-9,16,19H,4,7H2,1-3H3. The lowest BCUT2D eigenvalue weighted by atomic mass is 9.98. The number of rotatable bonds is 5. The molecular formula is C16H19ClFNO. The number of nitrogens with one attached hydrogen (secondary N) is 1. The highest BCUT2D eigenvalue weighted by molar-refractivity contribution is 6.30. The minimum Gasteiger partial charge on any atom is -0.466 e. The first-order chi connectivity index (χ1) is 9.52. The highest BCUT2D eigenvalue weighted by Crippen LogP contribution is 2.30. The van der Waals surface area contributed by atoms with Gasteiger partial charge >= 0.3 is 0 Å². The summed E-state index contributed by atoms with van der Waals surface area (Å²) in [5.74, 6) is 1.34. The Morgan fingerprint density at radius 3 is 2.55 bits per heavy atom. The van der Waals surface area contributed by atoms with E-state index in [-0.39, 0.29) is 11.9 Å². The van der Waals surface area contributed by atoms with Gasteiger partial charge in [0, 0.05) is 16.1 Å². The van der Waals surface area contributed by atoms with Crippen molar-refractivity contribution in [1.29, 1.82) is 0 Å². The molecule has 1 aromatic heterocycles. The Labute approximate surface area is 123 Å². The molecule has 1 unspecified atom stereocenters. The minimum atomic E-state index is -0.302. The Balaban J connectivity index is 2.44. The van der Waals surface area contributed by atoms with Crippen LogP contribution in [0.3, 0.4) is 0 Å². The molecule has 1 aromatic carbocycles. The lowest BCUT2D eigenvalue weighted by Crippen LogP contribution is -2.24. The van der Waals surface area contributed by atoms with Gasteiger partial charge in [-0.15, -0.1) is 0 Å². The molecule has 0 fully saturated rings. The summed E-state index contributed by atoms with van der Waals surface area (Å²) in [7, 11) is 0. The molecule has 0 aliphatic heterocycles. The zero-order chi connectivity index (χ0) is 14.7. The number of furan rings is 1. The third-order valence-corrected chi connectivity index (χ3v) is 3.50. The van der Waals surface area contributed by atoms with Crippen LogP contribution in [0.25, 0.3) is 0 Å². The van der Waals surface area contributed by atoms with Crippen molar-refractivity contribution in [3.8, 4) is 0 Å². The largest absolute Gasteiger partial charge is 0.466 e. The molecule has 2 aromatic rings. The van der Waals surface area contributed by atoms with E-state index < -0.39 is 0 Å². The first-order valence-corrected chi connectivity index (χ1v) is 7.16. The summed E-state index contributed by atoms with van der Waals surface area (Å²) in [5.41, 5.74) is 1.56. The molecule has 20 heavy (non-hydrogen) atoms. The van der Waals surface area contributed by atoms with E-state index in [1.807, 2.05) is 19.9 Å². The van der Waals surface area contributed by atoms with Crippen LogP contribution in [0.1, 0.15) is 42.0 Å². The number of hydrogen-bond donors (Lipinski definition) is 1. The van der Waals surface area contributed by atoms with Crippen LogP contribution in [0.4, 0.5) is 4.39 Å². The van der Waals surface area contributed by atoms with E-state index in [1.165, 1.54) is 6.07 Å². The second kappa shape index (κ2) is 6.42. The molecule has 0 aliphatic carbocycles. The number of aryl methyl sites for hydroxylation is 2. The number of halogens is 2. The quantitative estimate of drug-likeness (QED) is 0.859. The van der Waals surface area contributed by atoms with Gasteiger partial charge in [-0.2, -0.15) is 0 Å². The van der Waals surface area contributed by atoms with Crippen molar-refractivity contribution in [2.45, 2.75) is 33.2 Å². The van der Waals surface area contributed by atoms with Gasteiger partial charge in [0.1, 0.15) is 17.3 Å². The average molecular weight is 296 g/mol. The monoisotopic (exact) mass is 295 g/mol. The fourth-order valence-electron chi connectivity index (χ4n) is 2.35. The van der Waals surface area contributed by atoms with Crippen LogP contribution in [0.15, 0.2) is 28.7 Å². The molecule has 0 spiro atoms. The minimum absolute atomic E-state index is 0.218. The maximum atomic E-state index is 14.2. The van der Waals surface area contributed by atoms with E-state index in [4.69, 9.17) is 16.0 Å². The van der Waals surface area contributed by atoms with Crippen molar-refractivity contribution in [3.05, 3.63) is 57.8 Å². The van der Waals surface area contributed by atoms with Gasteiger partial charge in [0.2, 0.25) is 0 Å². The Morgan fingerprint density at radius 1 is 1.25 bits per heavy atom. The summed E-state index contributed by atoms with van der Waals surface area (Å²) >= 11 is 5.83. The molecule has 2 nitrogen and oxygen atoms in total. The molecule has 4 heteroatoms. The second-order valence-corrected chi connectivity index (χ2v) is 5.36. The van der Waals surface area contributed by atoms with Gasteiger partial charge in [-0.3, -0.25) is 0 Å². The van der Waals surface area contributed by atoms with Crippen molar-refractivity contribution in [1.82, 2.24) is 5.32 Å². The normalized spacial score (nSPS) is 12.7. The predicted octanol–water partition coefficient (Wildman–Crippen LogP) is 4.78. The van der Waals surface area contributed by atoms with Crippen LogP contribution < -0.4 is 5.32 Å². The van der Waals surface area contributed by atoms with Gasteiger partial charge in [0.15, 0.2) is 0 Å². The zero-order valence-electron chi connectivity index (χ0n) is 12.0. The van der Waals surface area contributed by atoms with Gasteiger partial charge in [-0.05, 0) is 45.0 Å². The smallest absolute Gasteiger partial charge is 0.129 e. The molecule has 0 saturated carbocycles. The Hall–Kier alpha value is -1.32. The molecule has 0 bridgehead atoms. The molecule has 0 aliphatic rings.